The zero-order chi connectivity index (χ0) is 13.7. The Bertz CT molecular complexity index is 540. The van der Waals surface area contributed by atoms with Gasteiger partial charge in [0.2, 0.25) is 5.91 Å². The molecule has 20 heavy (non-hydrogen) atoms. The maximum Gasteiger partial charge on any atom is 0.225 e. The molecular weight excluding hydrogens is 248 g/mol. The summed E-state index contributed by atoms with van der Waals surface area (Å²) in [5.74, 6) is 1.38. The summed E-state index contributed by atoms with van der Waals surface area (Å²) in [6, 6.07) is 8.75. The zero-order valence-corrected chi connectivity index (χ0v) is 11.7. The second kappa shape index (κ2) is 4.59. The van der Waals surface area contributed by atoms with Gasteiger partial charge in [0.1, 0.15) is 0 Å². The number of nitrogens with one attached hydrogen (secondary N) is 1. The highest BCUT2D eigenvalue weighted by molar-refractivity contribution is 5.81. The van der Waals surface area contributed by atoms with E-state index in [-0.39, 0.29) is 23.9 Å². The Hall–Kier alpha value is -1.35. The monoisotopic (exact) mass is 270 g/mol. The minimum Gasteiger partial charge on any atom is -0.349 e. The first-order valence-electron chi connectivity index (χ1n) is 7.88. The quantitative estimate of drug-likeness (QED) is 0.865. The molecule has 2 bridgehead atoms. The van der Waals surface area contributed by atoms with Crippen molar-refractivity contribution in [2.45, 2.75) is 44.2 Å². The molecule has 0 saturated heterocycles. The highest BCUT2D eigenvalue weighted by atomic mass is 16.2. The molecule has 0 radical (unpaired) electrons. The smallest absolute Gasteiger partial charge is 0.225 e. The van der Waals surface area contributed by atoms with Crippen LogP contribution in [-0.4, -0.2) is 11.9 Å². The number of hydrogen-bond acceptors (Lipinski definition) is 2. The SMILES string of the molecule is NC1C2CCC(C2)C1C(=O)NC1CCc2ccccc21. The maximum absolute atomic E-state index is 12.6. The normalized spacial score (nSPS) is 38.0. The van der Waals surface area contributed by atoms with E-state index >= 15 is 0 Å². The largest absolute Gasteiger partial charge is 0.349 e. The van der Waals surface area contributed by atoms with Gasteiger partial charge in [0.05, 0.1) is 12.0 Å². The Morgan fingerprint density at radius 3 is 2.75 bits per heavy atom. The Labute approximate surface area is 119 Å². The molecular formula is C17H22N2O. The zero-order valence-electron chi connectivity index (χ0n) is 11.7. The van der Waals surface area contributed by atoms with Crippen LogP contribution >= 0.6 is 0 Å². The van der Waals surface area contributed by atoms with Crippen LogP contribution in [0.4, 0.5) is 0 Å². The Morgan fingerprint density at radius 1 is 1.15 bits per heavy atom. The van der Waals surface area contributed by atoms with E-state index in [1.807, 2.05) is 0 Å². The van der Waals surface area contributed by atoms with Crippen LogP contribution in [0.25, 0.3) is 0 Å². The van der Waals surface area contributed by atoms with Crippen LogP contribution in [-0.2, 0) is 11.2 Å². The van der Waals surface area contributed by atoms with Crippen LogP contribution in [0.1, 0.15) is 42.9 Å². The Kier molecular flexibility index (Phi) is 2.84. The molecule has 0 aromatic heterocycles. The van der Waals surface area contributed by atoms with Gasteiger partial charge in [0.25, 0.3) is 0 Å². The Balaban J connectivity index is 1.49. The van der Waals surface area contributed by atoms with E-state index < -0.39 is 0 Å². The van der Waals surface area contributed by atoms with E-state index in [1.165, 1.54) is 30.4 Å². The second-order valence-electron chi connectivity index (χ2n) is 6.74. The van der Waals surface area contributed by atoms with E-state index in [1.54, 1.807) is 0 Å². The van der Waals surface area contributed by atoms with Gasteiger partial charge in [-0.2, -0.15) is 0 Å². The van der Waals surface area contributed by atoms with Crippen molar-refractivity contribution in [1.29, 1.82) is 0 Å². The molecule has 1 amide bonds. The van der Waals surface area contributed by atoms with Crippen molar-refractivity contribution >= 4 is 5.91 Å². The van der Waals surface area contributed by atoms with Gasteiger partial charge in [-0.15, -0.1) is 0 Å². The molecule has 0 aliphatic heterocycles. The summed E-state index contributed by atoms with van der Waals surface area (Å²) in [5.41, 5.74) is 8.96. The number of rotatable bonds is 2. The first kappa shape index (κ1) is 12.4. The minimum absolute atomic E-state index is 0.0570. The van der Waals surface area contributed by atoms with Gasteiger partial charge in [0.15, 0.2) is 0 Å². The lowest BCUT2D eigenvalue weighted by Crippen LogP contribution is -2.45. The standard InChI is InChI=1S/C17H22N2O/c18-16-12-6-5-11(9-12)15(16)17(20)19-14-8-7-10-3-1-2-4-13(10)14/h1-4,11-12,14-16H,5-9,18H2,(H,19,20). The number of amides is 1. The molecule has 2 saturated carbocycles. The van der Waals surface area contributed by atoms with Crippen molar-refractivity contribution in [3.63, 3.8) is 0 Å². The summed E-state index contributed by atoms with van der Waals surface area (Å²) in [5, 5.41) is 3.27. The fourth-order valence-electron chi connectivity index (χ4n) is 4.70. The van der Waals surface area contributed by atoms with Gasteiger partial charge in [-0.05, 0) is 55.1 Å². The van der Waals surface area contributed by atoms with Gasteiger partial charge in [-0.25, -0.2) is 0 Å². The van der Waals surface area contributed by atoms with Gasteiger partial charge in [-0.1, -0.05) is 24.3 Å². The third kappa shape index (κ3) is 1.80. The van der Waals surface area contributed by atoms with E-state index in [0.717, 1.165) is 12.8 Å². The van der Waals surface area contributed by atoms with Crippen LogP contribution in [0, 0.1) is 17.8 Å². The molecule has 3 aliphatic carbocycles. The molecule has 4 rings (SSSR count). The molecule has 3 N–H and O–H groups in total. The van der Waals surface area contributed by atoms with Crippen molar-refractivity contribution in [1.82, 2.24) is 5.32 Å². The van der Waals surface area contributed by atoms with E-state index in [9.17, 15) is 4.79 Å². The molecule has 106 valence electrons. The summed E-state index contributed by atoms with van der Waals surface area (Å²) in [4.78, 5) is 12.6. The van der Waals surface area contributed by atoms with Crippen LogP contribution in [0.15, 0.2) is 24.3 Å². The number of carbonyl (C=O) groups is 1. The van der Waals surface area contributed by atoms with E-state index in [0.29, 0.717) is 11.8 Å². The summed E-state index contributed by atoms with van der Waals surface area (Å²) >= 11 is 0. The number of carbonyl (C=O) groups excluding carboxylic acids is 1. The topological polar surface area (TPSA) is 55.1 Å². The first-order chi connectivity index (χ1) is 9.74. The summed E-state index contributed by atoms with van der Waals surface area (Å²) in [6.45, 7) is 0. The number of nitrogens with two attached hydrogens (primary N) is 1. The molecule has 5 atom stereocenters. The van der Waals surface area contributed by atoms with E-state index in [2.05, 4.69) is 29.6 Å². The molecule has 3 aliphatic rings. The predicted molar refractivity (Wildman–Crippen MR) is 77.9 cm³/mol. The van der Waals surface area contributed by atoms with Crippen LogP contribution in [0.5, 0.6) is 0 Å². The molecule has 0 heterocycles. The van der Waals surface area contributed by atoms with Gasteiger partial charge >= 0.3 is 0 Å². The minimum atomic E-state index is 0.0570. The third-order valence-electron chi connectivity index (χ3n) is 5.73. The van der Waals surface area contributed by atoms with Crippen molar-refractivity contribution in [2.24, 2.45) is 23.5 Å². The van der Waals surface area contributed by atoms with Crippen molar-refractivity contribution in [3.8, 4) is 0 Å². The molecule has 0 spiro atoms. The molecule has 3 heteroatoms. The second-order valence-corrected chi connectivity index (χ2v) is 6.74. The first-order valence-corrected chi connectivity index (χ1v) is 7.88. The van der Waals surface area contributed by atoms with Gasteiger partial charge in [0, 0.05) is 6.04 Å². The van der Waals surface area contributed by atoms with Gasteiger partial charge < -0.3 is 11.1 Å². The highest BCUT2D eigenvalue weighted by Gasteiger charge is 2.49. The summed E-state index contributed by atoms with van der Waals surface area (Å²) < 4.78 is 0. The molecule has 1 aromatic carbocycles. The van der Waals surface area contributed by atoms with Gasteiger partial charge in [-0.3, -0.25) is 4.79 Å². The molecule has 1 aromatic rings. The lowest BCUT2D eigenvalue weighted by atomic mass is 9.84. The van der Waals surface area contributed by atoms with Crippen LogP contribution in [0.2, 0.25) is 0 Å². The fraction of sp³-hybridized carbons (Fsp3) is 0.588. The van der Waals surface area contributed by atoms with Crippen LogP contribution < -0.4 is 11.1 Å². The third-order valence-corrected chi connectivity index (χ3v) is 5.73. The summed E-state index contributed by atoms with van der Waals surface area (Å²) in [7, 11) is 0. The fourth-order valence-corrected chi connectivity index (χ4v) is 4.70. The Morgan fingerprint density at radius 2 is 1.95 bits per heavy atom. The van der Waals surface area contributed by atoms with Crippen molar-refractivity contribution in [2.75, 3.05) is 0 Å². The van der Waals surface area contributed by atoms with Crippen molar-refractivity contribution in [3.05, 3.63) is 35.4 Å². The predicted octanol–water partition coefficient (Wildman–Crippen LogP) is 2.16. The molecule has 2 fully saturated rings. The summed E-state index contributed by atoms with van der Waals surface area (Å²) in [6.07, 6.45) is 5.69. The number of fused-ring (bicyclic) bond motifs is 3. The van der Waals surface area contributed by atoms with E-state index in [4.69, 9.17) is 5.73 Å². The lowest BCUT2D eigenvalue weighted by Gasteiger charge is -2.28. The molecule has 5 unspecified atom stereocenters. The van der Waals surface area contributed by atoms with Crippen molar-refractivity contribution < 1.29 is 4.79 Å². The number of benzene rings is 1. The average Bonchev–Trinajstić information content (AvgIpc) is 3.13. The number of aryl methyl sites for hydroxylation is 1. The van der Waals surface area contributed by atoms with Crippen LogP contribution in [0.3, 0.4) is 0 Å². The highest BCUT2D eigenvalue weighted by Crippen LogP contribution is 2.48. The maximum atomic E-state index is 12.6. The lowest BCUT2D eigenvalue weighted by molar-refractivity contribution is -0.127. The number of hydrogen-bond donors (Lipinski definition) is 2. The molecule has 3 nitrogen and oxygen atoms in total. The average molecular weight is 270 g/mol.